The van der Waals surface area contributed by atoms with E-state index in [1.807, 2.05) is 0 Å². The molecule has 1 rings (SSSR count). The number of nitrogens with zero attached hydrogens (tertiary/aromatic N) is 1. The molecule has 0 bridgehead atoms. The largest absolute Gasteiger partial charge is 0.328 e. The van der Waals surface area contributed by atoms with E-state index in [4.69, 9.17) is 5.73 Å². The van der Waals surface area contributed by atoms with Gasteiger partial charge in [0.25, 0.3) is 0 Å². The molecule has 0 saturated heterocycles. The van der Waals surface area contributed by atoms with Crippen LogP contribution in [0.4, 0.5) is 0 Å². The molecule has 16 heavy (non-hydrogen) atoms. The summed E-state index contributed by atoms with van der Waals surface area (Å²) in [4.78, 5) is 2.58. The van der Waals surface area contributed by atoms with Crippen molar-refractivity contribution in [3.8, 4) is 0 Å². The Labute approximate surface area is 102 Å². The summed E-state index contributed by atoms with van der Waals surface area (Å²) in [5, 5.41) is 0. The number of nitrogens with two attached hydrogens (primary N) is 1. The molecule has 1 unspecified atom stereocenters. The van der Waals surface area contributed by atoms with Crippen LogP contribution in [0.3, 0.4) is 0 Å². The Morgan fingerprint density at radius 3 is 2.12 bits per heavy atom. The van der Waals surface area contributed by atoms with Gasteiger partial charge in [0.1, 0.15) is 0 Å². The number of rotatable bonds is 7. The highest BCUT2D eigenvalue weighted by atomic mass is 15.1. The van der Waals surface area contributed by atoms with E-state index in [9.17, 15) is 0 Å². The first-order valence-electron chi connectivity index (χ1n) is 7.13. The topological polar surface area (TPSA) is 29.3 Å². The Morgan fingerprint density at radius 1 is 1.12 bits per heavy atom. The van der Waals surface area contributed by atoms with Gasteiger partial charge in [-0.25, -0.2) is 0 Å². The Kier molecular flexibility index (Phi) is 5.77. The maximum atomic E-state index is 6.18. The van der Waals surface area contributed by atoms with Crippen LogP contribution in [-0.2, 0) is 0 Å². The lowest BCUT2D eigenvalue weighted by Crippen LogP contribution is -2.40. The van der Waals surface area contributed by atoms with Crippen LogP contribution in [-0.4, -0.2) is 30.6 Å². The minimum absolute atomic E-state index is 0.411. The zero-order chi connectivity index (χ0) is 12.0. The van der Waals surface area contributed by atoms with Crippen LogP contribution in [0.15, 0.2) is 0 Å². The van der Waals surface area contributed by atoms with E-state index in [-0.39, 0.29) is 0 Å². The molecule has 1 saturated carbocycles. The Hall–Kier alpha value is -0.0800. The molecule has 2 heteroatoms. The zero-order valence-corrected chi connectivity index (χ0v) is 11.5. The second-order valence-corrected chi connectivity index (χ2v) is 5.54. The van der Waals surface area contributed by atoms with E-state index in [0.717, 1.165) is 6.42 Å². The summed E-state index contributed by atoms with van der Waals surface area (Å²) in [6.07, 6.45) is 7.99. The van der Waals surface area contributed by atoms with Crippen LogP contribution >= 0.6 is 0 Å². The molecule has 2 nitrogen and oxygen atoms in total. The molecule has 0 spiro atoms. The van der Waals surface area contributed by atoms with Crippen LogP contribution < -0.4 is 5.73 Å². The second-order valence-electron chi connectivity index (χ2n) is 5.54. The highest BCUT2D eigenvalue weighted by Gasteiger charge is 2.35. The van der Waals surface area contributed by atoms with Gasteiger partial charge in [-0.2, -0.15) is 0 Å². The zero-order valence-electron chi connectivity index (χ0n) is 11.5. The van der Waals surface area contributed by atoms with E-state index in [1.54, 1.807) is 0 Å². The van der Waals surface area contributed by atoms with Crippen molar-refractivity contribution in [2.45, 2.75) is 65.3 Å². The fraction of sp³-hybridized carbons (Fsp3) is 1.00. The van der Waals surface area contributed by atoms with Crippen molar-refractivity contribution in [3.63, 3.8) is 0 Å². The van der Waals surface area contributed by atoms with Crippen molar-refractivity contribution >= 4 is 0 Å². The lowest BCUT2D eigenvalue weighted by atomic mass is 9.79. The summed E-state index contributed by atoms with van der Waals surface area (Å²) in [6, 6.07) is 0.411. The van der Waals surface area contributed by atoms with Crippen molar-refractivity contribution in [2.75, 3.05) is 19.6 Å². The third-order valence-corrected chi connectivity index (χ3v) is 4.34. The van der Waals surface area contributed by atoms with Gasteiger partial charge in [-0.1, -0.05) is 33.6 Å². The molecule has 0 aliphatic heterocycles. The predicted octanol–water partition coefficient (Wildman–Crippen LogP) is 3.02. The average molecular weight is 226 g/mol. The lowest BCUT2D eigenvalue weighted by molar-refractivity contribution is 0.142. The van der Waals surface area contributed by atoms with E-state index in [2.05, 4.69) is 25.7 Å². The summed E-state index contributed by atoms with van der Waals surface area (Å²) in [6.45, 7) is 10.4. The van der Waals surface area contributed by atoms with Crippen LogP contribution in [0.25, 0.3) is 0 Å². The van der Waals surface area contributed by atoms with Crippen molar-refractivity contribution in [1.29, 1.82) is 0 Å². The van der Waals surface area contributed by atoms with Gasteiger partial charge in [0.15, 0.2) is 0 Å². The third kappa shape index (κ3) is 3.74. The molecule has 0 aromatic rings. The molecule has 1 atom stereocenters. The van der Waals surface area contributed by atoms with Crippen molar-refractivity contribution in [1.82, 2.24) is 4.90 Å². The molecule has 0 radical (unpaired) electrons. The lowest BCUT2D eigenvalue weighted by Gasteiger charge is -2.36. The Balaban J connectivity index is 2.57. The molecule has 2 N–H and O–H groups in total. The summed E-state index contributed by atoms with van der Waals surface area (Å²) >= 11 is 0. The summed E-state index contributed by atoms with van der Waals surface area (Å²) < 4.78 is 0. The van der Waals surface area contributed by atoms with Crippen molar-refractivity contribution in [2.24, 2.45) is 11.1 Å². The third-order valence-electron chi connectivity index (χ3n) is 4.34. The molecule has 0 heterocycles. The van der Waals surface area contributed by atoms with Gasteiger partial charge in [0.05, 0.1) is 0 Å². The predicted molar refractivity (Wildman–Crippen MR) is 71.6 cm³/mol. The van der Waals surface area contributed by atoms with E-state index in [1.165, 1.54) is 51.7 Å². The van der Waals surface area contributed by atoms with Gasteiger partial charge in [0, 0.05) is 12.6 Å². The number of hydrogen-bond donors (Lipinski definition) is 1. The number of hydrogen-bond acceptors (Lipinski definition) is 2. The molecule has 0 aromatic heterocycles. The minimum atomic E-state index is 0.411. The quantitative estimate of drug-likeness (QED) is 0.723. The van der Waals surface area contributed by atoms with Crippen molar-refractivity contribution < 1.29 is 0 Å². The first kappa shape index (κ1) is 14.0. The van der Waals surface area contributed by atoms with E-state index in [0.29, 0.717) is 11.5 Å². The molecule has 96 valence electrons. The van der Waals surface area contributed by atoms with Crippen LogP contribution in [0.1, 0.15) is 59.3 Å². The average Bonchev–Trinajstić information content (AvgIpc) is 2.74. The molecular weight excluding hydrogens is 196 g/mol. The second kappa shape index (κ2) is 6.61. The highest BCUT2D eigenvalue weighted by molar-refractivity contribution is 4.90. The summed E-state index contributed by atoms with van der Waals surface area (Å²) in [5.41, 5.74) is 6.72. The van der Waals surface area contributed by atoms with Crippen molar-refractivity contribution in [3.05, 3.63) is 0 Å². The fourth-order valence-electron chi connectivity index (χ4n) is 3.17. The first-order valence-corrected chi connectivity index (χ1v) is 7.13. The van der Waals surface area contributed by atoms with Gasteiger partial charge in [0.2, 0.25) is 0 Å². The van der Waals surface area contributed by atoms with Gasteiger partial charge in [-0.15, -0.1) is 0 Å². The van der Waals surface area contributed by atoms with E-state index < -0.39 is 0 Å². The molecule has 0 amide bonds. The SMILES string of the molecule is CCC(N)CC1(CN(CC)CC)CCCC1. The Bertz CT molecular complexity index is 181. The van der Waals surface area contributed by atoms with Gasteiger partial charge in [-0.05, 0) is 44.2 Å². The van der Waals surface area contributed by atoms with Gasteiger partial charge < -0.3 is 10.6 Å². The van der Waals surface area contributed by atoms with E-state index >= 15 is 0 Å². The first-order chi connectivity index (χ1) is 7.65. The Morgan fingerprint density at radius 2 is 1.69 bits per heavy atom. The smallest absolute Gasteiger partial charge is 0.00419 e. The molecule has 1 fully saturated rings. The maximum Gasteiger partial charge on any atom is 0.00419 e. The minimum Gasteiger partial charge on any atom is -0.328 e. The molecule has 1 aliphatic carbocycles. The normalized spacial score (nSPS) is 21.6. The standard InChI is InChI=1S/C14H30N2/c1-4-13(15)11-14(9-7-8-10-14)12-16(5-2)6-3/h13H,4-12,15H2,1-3H3. The van der Waals surface area contributed by atoms with Gasteiger partial charge >= 0.3 is 0 Å². The molecular formula is C14H30N2. The summed E-state index contributed by atoms with van der Waals surface area (Å²) in [5.74, 6) is 0. The molecule has 0 aromatic carbocycles. The van der Waals surface area contributed by atoms with Crippen LogP contribution in [0, 0.1) is 5.41 Å². The monoisotopic (exact) mass is 226 g/mol. The van der Waals surface area contributed by atoms with Gasteiger partial charge in [-0.3, -0.25) is 0 Å². The maximum absolute atomic E-state index is 6.18. The summed E-state index contributed by atoms with van der Waals surface area (Å²) in [7, 11) is 0. The highest BCUT2D eigenvalue weighted by Crippen LogP contribution is 2.42. The van der Waals surface area contributed by atoms with Crippen LogP contribution in [0.5, 0.6) is 0 Å². The molecule has 1 aliphatic rings. The fourth-order valence-corrected chi connectivity index (χ4v) is 3.17. The van der Waals surface area contributed by atoms with Crippen LogP contribution in [0.2, 0.25) is 0 Å².